The van der Waals surface area contributed by atoms with Crippen molar-refractivity contribution >= 4 is 55.1 Å². The molecular weight excluding hydrogens is 636 g/mol. The molecule has 4 rings (SSSR count). The van der Waals surface area contributed by atoms with Gasteiger partial charge in [-0.1, -0.05) is 0 Å². The summed E-state index contributed by atoms with van der Waals surface area (Å²) < 4.78 is 112. The molecule has 2 aromatic heterocycles. The van der Waals surface area contributed by atoms with Crippen molar-refractivity contribution in [2.45, 2.75) is 21.6 Å². The van der Waals surface area contributed by atoms with Crippen LogP contribution < -0.4 is 20.1 Å². The third-order valence-corrected chi connectivity index (χ3v) is 8.08. The van der Waals surface area contributed by atoms with Gasteiger partial charge in [0, 0.05) is 36.2 Å². The van der Waals surface area contributed by atoms with Crippen molar-refractivity contribution in [3.8, 4) is 0 Å². The van der Waals surface area contributed by atoms with E-state index < -0.39 is 64.9 Å². The SMILES string of the molecule is O=C(Nc1ccc(S(=O)(=O)Nc2ncccn2)cc1)C(F)(F)C(F)(F)C(=O)Nc1ccc(S(=O)(=O)Nc2ncccn2)cc1. The lowest BCUT2D eigenvalue weighted by molar-refractivity contribution is -0.204. The van der Waals surface area contributed by atoms with Crippen molar-refractivity contribution < 1.29 is 44.0 Å². The van der Waals surface area contributed by atoms with E-state index in [0.29, 0.717) is 0 Å². The molecule has 14 nitrogen and oxygen atoms in total. The first-order chi connectivity index (χ1) is 20.6. The maximum absolute atomic E-state index is 14.5. The number of alkyl halides is 4. The van der Waals surface area contributed by atoms with Crippen LogP contribution >= 0.6 is 0 Å². The van der Waals surface area contributed by atoms with Gasteiger partial charge in [-0.2, -0.15) is 17.6 Å². The molecule has 2 aromatic carbocycles. The Morgan fingerprint density at radius 2 is 0.841 bits per heavy atom. The van der Waals surface area contributed by atoms with Gasteiger partial charge in [0.05, 0.1) is 9.79 Å². The van der Waals surface area contributed by atoms with Gasteiger partial charge >= 0.3 is 23.7 Å². The molecule has 4 aromatic rings. The van der Waals surface area contributed by atoms with Crippen LogP contribution in [0.3, 0.4) is 0 Å². The smallest absolute Gasteiger partial charge is 0.321 e. The van der Waals surface area contributed by atoms with Crippen LogP contribution in [0.4, 0.5) is 40.8 Å². The van der Waals surface area contributed by atoms with Gasteiger partial charge in [-0.05, 0) is 60.7 Å². The van der Waals surface area contributed by atoms with E-state index in [1.807, 2.05) is 0 Å². The van der Waals surface area contributed by atoms with Gasteiger partial charge in [-0.3, -0.25) is 9.59 Å². The second kappa shape index (κ2) is 12.2. The molecule has 0 aliphatic rings. The molecule has 20 heteroatoms. The molecule has 0 aliphatic heterocycles. The number of halogens is 4. The number of aromatic nitrogens is 4. The largest absolute Gasteiger partial charge is 0.396 e. The summed E-state index contributed by atoms with van der Waals surface area (Å²) >= 11 is 0. The number of rotatable bonds is 11. The second-order valence-electron chi connectivity index (χ2n) is 8.46. The van der Waals surface area contributed by atoms with Crippen LogP contribution in [0.1, 0.15) is 0 Å². The topological polar surface area (TPSA) is 202 Å². The Bertz CT molecular complexity index is 1730. The number of amides is 2. The highest BCUT2D eigenvalue weighted by Crippen LogP contribution is 2.36. The van der Waals surface area contributed by atoms with Crippen LogP contribution in [0.2, 0.25) is 0 Å². The van der Waals surface area contributed by atoms with E-state index in [4.69, 9.17) is 0 Å². The van der Waals surface area contributed by atoms with Gasteiger partial charge in [0.25, 0.3) is 20.0 Å². The molecule has 0 saturated carbocycles. The molecule has 0 aliphatic carbocycles. The fourth-order valence-corrected chi connectivity index (χ4v) is 5.12. The molecular formula is C24H18F4N8O6S2. The van der Waals surface area contributed by atoms with Crippen LogP contribution in [-0.4, -0.2) is 60.4 Å². The number of carbonyl (C=O) groups is 2. The summed E-state index contributed by atoms with van der Waals surface area (Å²) in [5.41, 5.74) is -0.987. The van der Waals surface area contributed by atoms with Gasteiger partial charge in [0.2, 0.25) is 11.9 Å². The zero-order valence-corrected chi connectivity index (χ0v) is 23.3. The molecule has 0 unspecified atom stereocenters. The molecule has 0 atom stereocenters. The maximum Gasteiger partial charge on any atom is 0.396 e. The number of sulfonamides is 2. The lowest BCUT2D eigenvalue weighted by atomic mass is 10.1. The quantitative estimate of drug-likeness (QED) is 0.174. The van der Waals surface area contributed by atoms with Gasteiger partial charge in [-0.15, -0.1) is 0 Å². The van der Waals surface area contributed by atoms with Crippen molar-refractivity contribution in [1.29, 1.82) is 0 Å². The lowest BCUT2D eigenvalue weighted by Gasteiger charge is -2.24. The van der Waals surface area contributed by atoms with Crippen molar-refractivity contribution in [3.63, 3.8) is 0 Å². The predicted molar refractivity (Wildman–Crippen MR) is 146 cm³/mol. The molecule has 0 bridgehead atoms. The monoisotopic (exact) mass is 654 g/mol. The van der Waals surface area contributed by atoms with E-state index in [2.05, 4.69) is 29.4 Å². The summed E-state index contributed by atoms with van der Waals surface area (Å²) in [6.07, 6.45) is 5.07. The number of anilines is 4. The lowest BCUT2D eigenvalue weighted by Crippen LogP contribution is -2.56. The van der Waals surface area contributed by atoms with E-state index in [-0.39, 0.29) is 11.9 Å². The molecule has 2 heterocycles. The van der Waals surface area contributed by atoms with Crippen molar-refractivity contribution in [1.82, 2.24) is 19.9 Å². The first-order valence-electron chi connectivity index (χ1n) is 11.8. The number of nitrogens with zero attached hydrogens (tertiary/aromatic N) is 4. The van der Waals surface area contributed by atoms with Crippen molar-refractivity contribution in [2.75, 3.05) is 20.1 Å². The number of nitrogens with one attached hydrogen (secondary N) is 4. The summed E-state index contributed by atoms with van der Waals surface area (Å²) in [7, 11) is -8.46. The summed E-state index contributed by atoms with van der Waals surface area (Å²) in [5, 5.41) is 3.01. The predicted octanol–water partition coefficient (Wildman–Crippen LogP) is 2.72. The Kier molecular flexibility index (Phi) is 8.76. The van der Waals surface area contributed by atoms with E-state index in [1.54, 1.807) is 0 Å². The fourth-order valence-electron chi connectivity index (χ4n) is 3.20. The summed E-state index contributed by atoms with van der Waals surface area (Å²) in [4.78, 5) is 38.2. The van der Waals surface area contributed by atoms with E-state index in [0.717, 1.165) is 48.5 Å². The van der Waals surface area contributed by atoms with Gasteiger partial charge < -0.3 is 10.6 Å². The normalized spacial score (nSPS) is 12.2. The van der Waals surface area contributed by atoms with Gasteiger partial charge in [0.1, 0.15) is 0 Å². The number of benzene rings is 2. The Morgan fingerprint density at radius 3 is 1.14 bits per heavy atom. The maximum atomic E-state index is 14.5. The van der Waals surface area contributed by atoms with Crippen LogP contribution in [0.15, 0.2) is 95.2 Å². The molecule has 4 N–H and O–H groups in total. The summed E-state index contributed by atoms with van der Waals surface area (Å²) in [5.74, 6) is -16.8. The Labute approximate surface area is 246 Å². The summed E-state index contributed by atoms with van der Waals surface area (Å²) in [6, 6.07) is 9.81. The minimum atomic E-state index is -5.59. The minimum Gasteiger partial charge on any atom is -0.321 e. The Balaban J connectivity index is 1.40. The number of hydrogen-bond donors (Lipinski definition) is 4. The molecule has 0 saturated heterocycles. The second-order valence-corrected chi connectivity index (χ2v) is 11.8. The highest BCUT2D eigenvalue weighted by molar-refractivity contribution is 7.93. The average Bonchev–Trinajstić information content (AvgIpc) is 2.98. The van der Waals surface area contributed by atoms with Crippen LogP contribution in [0, 0.1) is 0 Å². The average molecular weight is 655 g/mol. The Morgan fingerprint density at radius 1 is 0.545 bits per heavy atom. The highest BCUT2D eigenvalue weighted by Gasteiger charge is 2.67. The van der Waals surface area contributed by atoms with Crippen LogP contribution in [0.25, 0.3) is 0 Å². The molecule has 2 amide bonds. The minimum absolute atomic E-state index is 0.263. The molecule has 230 valence electrons. The van der Waals surface area contributed by atoms with Crippen LogP contribution in [0.5, 0.6) is 0 Å². The fraction of sp³-hybridized carbons (Fsp3) is 0.0833. The first-order valence-corrected chi connectivity index (χ1v) is 14.8. The number of carbonyl (C=O) groups excluding carboxylic acids is 2. The molecule has 0 radical (unpaired) electrons. The molecule has 0 fully saturated rings. The van der Waals surface area contributed by atoms with Crippen molar-refractivity contribution in [3.05, 3.63) is 85.5 Å². The summed E-state index contributed by atoms with van der Waals surface area (Å²) in [6.45, 7) is 0. The standard InChI is InChI=1S/C24H18F4N8O6S2/c25-23(26,19(37)33-15-3-7-17(8-4-15)43(39,40)35-21-29-11-1-12-30-21)24(27,28)20(38)34-16-5-9-18(10-6-16)44(41,42)36-22-31-13-2-14-32-22/h1-14H,(H,33,37)(H,34,38)(H,29,30,35)(H,31,32,36). The third-order valence-electron chi connectivity index (χ3n) is 5.39. The molecule has 0 spiro atoms. The van der Waals surface area contributed by atoms with E-state index in [1.165, 1.54) is 47.6 Å². The third kappa shape index (κ3) is 7.03. The first kappa shape index (κ1) is 31.7. The highest BCUT2D eigenvalue weighted by atomic mass is 32.2. The van der Waals surface area contributed by atoms with Crippen LogP contribution in [-0.2, 0) is 29.6 Å². The zero-order chi connectivity index (χ0) is 32.2. The van der Waals surface area contributed by atoms with Gasteiger partial charge in [-0.25, -0.2) is 46.2 Å². The van der Waals surface area contributed by atoms with Gasteiger partial charge in [0.15, 0.2) is 0 Å². The van der Waals surface area contributed by atoms with Crippen molar-refractivity contribution in [2.24, 2.45) is 0 Å². The Hall–Kier alpha value is -5.24. The van der Waals surface area contributed by atoms with E-state index >= 15 is 0 Å². The number of hydrogen-bond acceptors (Lipinski definition) is 10. The molecule has 44 heavy (non-hydrogen) atoms. The van der Waals surface area contributed by atoms with E-state index in [9.17, 15) is 44.0 Å². The zero-order valence-electron chi connectivity index (χ0n) is 21.6.